The Hall–Kier alpha value is -2.74. The minimum Gasteiger partial charge on any atom is -0.492 e. The first-order valence-electron chi connectivity index (χ1n) is 11.4. The van der Waals surface area contributed by atoms with Crippen molar-refractivity contribution in [3.8, 4) is 5.75 Å². The zero-order valence-electron chi connectivity index (χ0n) is 19.4. The molecule has 3 aliphatic heterocycles. The smallest absolute Gasteiger partial charge is 0.255 e. The highest BCUT2D eigenvalue weighted by molar-refractivity contribution is 5.98. The van der Waals surface area contributed by atoms with Crippen molar-refractivity contribution in [2.75, 3.05) is 19.7 Å². The fraction of sp³-hybridized carbons (Fsp3) is 0.583. The highest BCUT2D eigenvalue weighted by Crippen LogP contribution is 2.41. The molecule has 8 heteroatoms. The standard InChI is InChI=1S/C24H35N5O3/c1-6-19(25)28-18-12-26-14(2)29-13-17(21(30)24(18,29)5)27-22(31)15-8-7-9-16-20(15)32-11-10-23(16,3)4/h7-9,17-18,21,26,30H,2,6,10-13H2,1,3-5H3,(H2,25,28)(H,27,31)/t17?,18-,21?,24?/m0/s1. The summed E-state index contributed by atoms with van der Waals surface area (Å²) in [6.45, 7) is 13.9. The van der Waals surface area contributed by atoms with Crippen LogP contribution in [-0.4, -0.2) is 65.2 Å². The number of carbonyl (C=O) groups excluding carboxylic acids is 1. The van der Waals surface area contributed by atoms with E-state index in [1.807, 2.05) is 30.9 Å². The first kappa shape index (κ1) is 22.5. The fourth-order valence-electron chi connectivity index (χ4n) is 5.20. The number of carbonyl (C=O) groups is 1. The summed E-state index contributed by atoms with van der Waals surface area (Å²) in [7, 11) is 0. The molecule has 0 spiro atoms. The van der Waals surface area contributed by atoms with Crippen LogP contribution in [0.15, 0.2) is 30.6 Å². The summed E-state index contributed by atoms with van der Waals surface area (Å²) in [5.74, 6) is 1.52. The number of nitrogens with one attached hydrogen (secondary N) is 4. The molecule has 0 aliphatic carbocycles. The van der Waals surface area contributed by atoms with Crippen LogP contribution in [0.4, 0.5) is 0 Å². The fourth-order valence-corrected chi connectivity index (χ4v) is 5.20. The van der Waals surface area contributed by atoms with Crippen molar-refractivity contribution < 1.29 is 14.6 Å². The van der Waals surface area contributed by atoms with E-state index in [9.17, 15) is 9.90 Å². The minimum absolute atomic E-state index is 0.0586. The van der Waals surface area contributed by atoms with Gasteiger partial charge in [-0.25, -0.2) is 0 Å². The Balaban J connectivity index is 1.58. The quantitative estimate of drug-likeness (QED) is 0.359. The van der Waals surface area contributed by atoms with Crippen molar-refractivity contribution in [2.24, 2.45) is 0 Å². The molecule has 0 saturated carbocycles. The van der Waals surface area contributed by atoms with Crippen molar-refractivity contribution >= 4 is 11.7 Å². The number of benzene rings is 1. The van der Waals surface area contributed by atoms with Gasteiger partial charge in [0.25, 0.3) is 5.91 Å². The molecule has 3 aliphatic rings. The van der Waals surface area contributed by atoms with Crippen LogP contribution in [-0.2, 0) is 5.41 Å². The Morgan fingerprint density at radius 1 is 1.38 bits per heavy atom. The van der Waals surface area contributed by atoms with Crippen molar-refractivity contribution in [2.45, 2.75) is 69.7 Å². The molecule has 1 amide bonds. The number of aliphatic hydroxyl groups excluding tert-OH is 1. The van der Waals surface area contributed by atoms with Crippen molar-refractivity contribution in [1.82, 2.24) is 20.9 Å². The maximum Gasteiger partial charge on any atom is 0.255 e. The predicted molar refractivity (Wildman–Crippen MR) is 124 cm³/mol. The second-order valence-corrected chi connectivity index (χ2v) is 9.88. The average Bonchev–Trinajstić information content (AvgIpc) is 3.01. The van der Waals surface area contributed by atoms with E-state index in [1.165, 1.54) is 0 Å². The maximum atomic E-state index is 13.3. The first-order chi connectivity index (χ1) is 15.1. The van der Waals surface area contributed by atoms with Crippen LogP contribution in [0.25, 0.3) is 0 Å². The van der Waals surface area contributed by atoms with E-state index >= 15 is 0 Å². The van der Waals surface area contributed by atoms with E-state index in [1.54, 1.807) is 6.07 Å². The minimum atomic E-state index is -0.843. The van der Waals surface area contributed by atoms with Crippen LogP contribution in [0.2, 0.25) is 0 Å². The van der Waals surface area contributed by atoms with Gasteiger partial charge in [-0.15, -0.1) is 0 Å². The Labute approximate surface area is 189 Å². The molecule has 0 bridgehead atoms. The van der Waals surface area contributed by atoms with Gasteiger partial charge in [0.2, 0.25) is 0 Å². The number of fused-ring (bicyclic) bond motifs is 2. The molecule has 0 aromatic heterocycles. The van der Waals surface area contributed by atoms with Crippen molar-refractivity contribution in [3.05, 3.63) is 41.7 Å². The van der Waals surface area contributed by atoms with Gasteiger partial charge in [-0.2, -0.15) is 0 Å². The lowest BCUT2D eigenvalue weighted by Crippen LogP contribution is -2.69. The summed E-state index contributed by atoms with van der Waals surface area (Å²) >= 11 is 0. The molecule has 8 nitrogen and oxygen atoms in total. The Kier molecular flexibility index (Phi) is 5.61. The van der Waals surface area contributed by atoms with Crippen LogP contribution < -0.4 is 20.7 Å². The lowest BCUT2D eigenvalue weighted by molar-refractivity contribution is 0.00873. The molecule has 32 heavy (non-hydrogen) atoms. The number of hydrogen-bond donors (Lipinski definition) is 5. The Bertz CT molecular complexity index is 946. The molecule has 2 fully saturated rings. The summed E-state index contributed by atoms with van der Waals surface area (Å²) in [4.78, 5) is 15.3. The molecular weight excluding hydrogens is 406 g/mol. The summed E-state index contributed by atoms with van der Waals surface area (Å²) in [5, 5.41) is 29.0. The monoisotopic (exact) mass is 441 g/mol. The van der Waals surface area contributed by atoms with E-state index < -0.39 is 17.7 Å². The molecule has 3 unspecified atom stereocenters. The zero-order valence-corrected chi connectivity index (χ0v) is 19.4. The van der Waals surface area contributed by atoms with Gasteiger partial charge in [-0.1, -0.05) is 39.5 Å². The number of aliphatic hydroxyl groups is 1. The topological polar surface area (TPSA) is 110 Å². The van der Waals surface area contributed by atoms with Crippen LogP contribution >= 0.6 is 0 Å². The van der Waals surface area contributed by atoms with E-state index in [-0.39, 0.29) is 17.4 Å². The van der Waals surface area contributed by atoms with E-state index in [0.717, 1.165) is 12.0 Å². The van der Waals surface area contributed by atoms with E-state index in [0.29, 0.717) is 49.1 Å². The molecule has 174 valence electrons. The van der Waals surface area contributed by atoms with Gasteiger partial charge in [0.05, 0.1) is 41.4 Å². The molecule has 0 radical (unpaired) electrons. The Morgan fingerprint density at radius 3 is 2.84 bits per heavy atom. The highest BCUT2D eigenvalue weighted by Gasteiger charge is 2.57. The molecule has 5 N–H and O–H groups in total. The number of hydrogen-bond acceptors (Lipinski definition) is 6. The van der Waals surface area contributed by atoms with E-state index in [4.69, 9.17) is 10.1 Å². The van der Waals surface area contributed by atoms with E-state index in [2.05, 4.69) is 36.4 Å². The lowest BCUT2D eigenvalue weighted by Gasteiger charge is -2.49. The first-order valence-corrected chi connectivity index (χ1v) is 11.4. The third-order valence-corrected chi connectivity index (χ3v) is 7.46. The summed E-state index contributed by atoms with van der Waals surface area (Å²) in [6, 6.07) is 5.00. The number of para-hydroxylation sites is 1. The second-order valence-electron chi connectivity index (χ2n) is 9.88. The third-order valence-electron chi connectivity index (χ3n) is 7.46. The van der Waals surface area contributed by atoms with Gasteiger partial charge in [-0.3, -0.25) is 10.2 Å². The molecule has 2 saturated heterocycles. The van der Waals surface area contributed by atoms with Crippen LogP contribution in [0.5, 0.6) is 5.75 Å². The van der Waals surface area contributed by atoms with Crippen LogP contribution in [0.1, 0.15) is 56.5 Å². The van der Waals surface area contributed by atoms with Gasteiger partial charge in [0, 0.05) is 25.1 Å². The molecule has 4 atom stereocenters. The SMILES string of the molecule is C=C1NC[C@H](NC(=N)CC)C2(C)C(O)C(NC(=O)c3cccc4c3OCCC4(C)C)CN12. The van der Waals surface area contributed by atoms with Crippen LogP contribution in [0, 0.1) is 5.41 Å². The zero-order chi connectivity index (χ0) is 23.3. The maximum absolute atomic E-state index is 13.3. The second kappa shape index (κ2) is 7.99. The molecule has 4 rings (SSSR count). The number of amides is 1. The number of ether oxygens (including phenoxy) is 1. The number of rotatable bonds is 4. The number of nitrogens with zero attached hydrogens (tertiary/aromatic N) is 1. The largest absolute Gasteiger partial charge is 0.492 e. The van der Waals surface area contributed by atoms with Crippen molar-refractivity contribution in [1.29, 1.82) is 5.41 Å². The van der Waals surface area contributed by atoms with Crippen LogP contribution in [0.3, 0.4) is 0 Å². The summed E-state index contributed by atoms with van der Waals surface area (Å²) in [6.07, 6.45) is 0.638. The van der Waals surface area contributed by atoms with Crippen molar-refractivity contribution in [3.63, 3.8) is 0 Å². The normalized spacial score (nSPS) is 30.5. The molecule has 1 aromatic rings. The van der Waals surface area contributed by atoms with Gasteiger partial charge >= 0.3 is 0 Å². The lowest BCUT2D eigenvalue weighted by atomic mass is 9.79. The third kappa shape index (κ3) is 3.50. The number of amidine groups is 1. The van der Waals surface area contributed by atoms with Gasteiger partial charge in [0.15, 0.2) is 0 Å². The molecule has 3 heterocycles. The van der Waals surface area contributed by atoms with Gasteiger partial charge in [-0.05, 0) is 24.8 Å². The van der Waals surface area contributed by atoms with Gasteiger partial charge < -0.3 is 30.7 Å². The summed E-state index contributed by atoms with van der Waals surface area (Å²) < 4.78 is 5.92. The highest BCUT2D eigenvalue weighted by atomic mass is 16.5. The molecular formula is C24H35N5O3. The predicted octanol–water partition coefficient (Wildman–Crippen LogP) is 1.70. The molecule has 1 aromatic carbocycles. The average molecular weight is 442 g/mol. The Morgan fingerprint density at radius 2 is 2.12 bits per heavy atom. The van der Waals surface area contributed by atoms with Gasteiger partial charge in [0.1, 0.15) is 11.9 Å². The summed E-state index contributed by atoms with van der Waals surface area (Å²) in [5.41, 5.74) is 0.761.